The van der Waals surface area contributed by atoms with Gasteiger partial charge in [-0.3, -0.25) is 4.79 Å². The Balaban J connectivity index is 2.40. The third kappa shape index (κ3) is 3.05. The molecule has 4 nitrogen and oxygen atoms in total. The minimum absolute atomic E-state index is 0.155. The summed E-state index contributed by atoms with van der Waals surface area (Å²) in [6.45, 7) is 1.99. The second-order valence-electron chi connectivity index (χ2n) is 4.10. The van der Waals surface area contributed by atoms with Crippen LogP contribution in [0.5, 0.6) is 0 Å². The molecule has 2 aromatic rings. The second-order valence-corrected chi connectivity index (χ2v) is 5.18. The Morgan fingerprint density at radius 2 is 2.11 bits per heavy atom. The zero-order chi connectivity index (χ0) is 13.7. The molecule has 0 aliphatic rings. The molecule has 0 spiro atoms. The van der Waals surface area contributed by atoms with Gasteiger partial charge in [0, 0.05) is 12.4 Å². The number of rotatable bonds is 6. The minimum Gasteiger partial charge on any atom is -0.396 e. The van der Waals surface area contributed by atoms with E-state index in [-0.39, 0.29) is 6.61 Å². The third-order valence-electron chi connectivity index (χ3n) is 2.72. The van der Waals surface area contributed by atoms with Gasteiger partial charge < -0.3 is 5.11 Å². The fraction of sp³-hybridized carbons (Fsp3) is 0.286. The number of hydrogen-bond acceptors (Lipinski definition) is 4. The number of aldehydes is 1. The number of aryl methyl sites for hydroxylation is 1. The van der Waals surface area contributed by atoms with Crippen LogP contribution < -0.4 is 0 Å². The van der Waals surface area contributed by atoms with Crippen LogP contribution >= 0.6 is 11.8 Å². The summed E-state index contributed by atoms with van der Waals surface area (Å²) >= 11 is 1.55. The molecule has 0 radical (unpaired) electrons. The summed E-state index contributed by atoms with van der Waals surface area (Å²) in [6.07, 6.45) is 1.55. The van der Waals surface area contributed by atoms with E-state index in [4.69, 9.17) is 5.11 Å². The summed E-state index contributed by atoms with van der Waals surface area (Å²) in [4.78, 5) is 11.2. The molecule has 100 valence electrons. The SMILES string of the molecule is Cc1nn(-c2ccccc2)c(SCCCO)c1C=O. The molecule has 0 saturated carbocycles. The van der Waals surface area contributed by atoms with Gasteiger partial charge in [-0.25, -0.2) is 4.68 Å². The van der Waals surface area contributed by atoms with E-state index < -0.39 is 0 Å². The third-order valence-corrected chi connectivity index (χ3v) is 3.88. The Bertz CT molecular complexity index is 552. The fourth-order valence-corrected chi connectivity index (χ4v) is 2.86. The van der Waals surface area contributed by atoms with Crippen molar-refractivity contribution in [1.82, 2.24) is 9.78 Å². The van der Waals surface area contributed by atoms with Gasteiger partial charge in [0.25, 0.3) is 0 Å². The number of hydrogen-bond donors (Lipinski definition) is 1. The Hall–Kier alpha value is -1.59. The molecule has 0 atom stereocenters. The molecule has 0 unspecified atom stereocenters. The predicted octanol–water partition coefficient (Wildman–Crippen LogP) is 2.47. The first-order valence-electron chi connectivity index (χ1n) is 6.11. The van der Waals surface area contributed by atoms with Crippen LogP contribution in [0.25, 0.3) is 5.69 Å². The Morgan fingerprint density at radius 1 is 1.37 bits per heavy atom. The van der Waals surface area contributed by atoms with Crippen molar-refractivity contribution in [3.8, 4) is 5.69 Å². The van der Waals surface area contributed by atoms with Crippen LogP contribution in [0.15, 0.2) is 35.4 Å². The van der Waals surface area contributed by atoms with Gasteiger partial charge in [-0.2, -0.15) is 5.10 Å². The predicted molar refractivity (Wildman–Crippen MR) is 76.1 cm³/mol. The molecule has 0 aliphatic heterocycles. The van der Waals surface area contributed by atoms with E-state index in [0.29, 0.717) is 12.0 Å². The van der Waals surface area contributed by atoms with E-state index in [2.05, 4.69) is 5.10 Å². The summed E-state index contributed by atoms with van der Waals surface area (Å²) in [5.74, 6) is 0.759. The summed E-state index contributed by atoms with van der Waals surface area (Å²) in [5, 5.41) is 14.1. The molecule has 1 aromatic carbocycles. The number of aromatic nitrogens is 2. The van der Waals surface area contributed by atoms with Gasteiger partial charge in [0.15, 0.2) is 6.29 Å². The van der Waals surface area contributed by atoms with Crippen LogP contribution in [0.1, 0.15) is 22.5 Å². The van der Waals surface area contributed by atoms with Crippen LogP contribution in [0.4, 0.5) is 0 Å². The summed E-state index contributed by atoms with van der Waals surface area (Å²) in [7, 11) is 0. The van der Waals surface area contributed by atoms with E-state index >= 15 is 0 Å². The average Bonchev–Trinajstić information content (AvgIpc) is 2.76. The van der Waals surface area contributed by atoms with Crippen molar-refractivity contribution in [2.75, 3.05) is 12.4 Å². The zero-order valence-electron chi connectivity index (χ0n) is 10.7. The second kappa shape index (κ2) is 6.54. The average molecular weight is 276 g/mol. The molecule has 5 heteroatoms. The lowest BCUT2D eigenvalue weighted by Crippen LogP contribution is -1.99. The first-order valence-corrected chi connectivity index (χ1v) is 7.10. The number of nitrogens with zero attached hydrogens (tertiary/aromatic N) is 2. The van der Waals surface area contributed by atoms with Crippen LogP contribution in [-0.2, 0) is 0 Å². The number of aliphatic hydroxyl groups excluding tert-OH is 1. The molecule has 0 saturated heterocycles. The van der Waals surface area contributed by atoms with Crippen molar-refractivity contribution in [1.29, 1.82) is 0 Å². The summed E-state index contributed by atoms with van der Waals surface area (Å²) < 4.78 is 1.79. The maximum atomic E-state index is 11.2. The molecular formula is C14H16N2O2S. The normalized spacial score (nSPS) is 10.6. The van der Waals surface area contributed by atoms with Gasteiger partial charge in [-0.05, 0) is 25.5 Å². The number of para-hydroxylation sites is 1. The van der Waals surface area contributed by atoms with Gasteiger partial charge >= 0.3 is 0 Å². The lowest BCUT2D eigenvalue weighted by atomic mass is 10.3. The monoisotopic (exact) mass is 276 g/mol. The van der Waals surface area contributed by atoms with E-state index in [1.165, 1.54) is 0 Å². The highest BCUT2D eigenvalue weighted by Crippen LogP contribution is 2.27. The summed E-state index contributed by atoms with van der Waals surface area (Å²) in [6, 6.07) is 9.73. The maximum Gasteiger partial charge on any atom is 0.154 e. The van der Waals surface area contributed by atoms with Gasteiger partial charge in [-0.15, -0.1) is 11.8 Å². The first-order chi connectivity index (χ1) is 9.27. The Kier molecular flexibility index (Phi) is 4.76. The molecule has 2 rings (SSSR count). The van der Waals surface area contributed by atoms with Gasteiger partial charge in [0.1, 0.15) is 5.03 Å². The van der Waals surface area contributed by atoms with E-state index in [1.54, 1.807) is 16.4 Å². The van der Waals surface area contributed by atoms with Gasteiger partial charge in [0.05, 0.1) is 16.9 Å². The number of aliphatic hydroxyl groups is 1. The largest absolute Gasteiger partial charge is 0.396 e. The molecule has 1 N–H and O–H groups in total. The fourth-order valence-electron chi connectivity index (χ4n) is 1.77. The Labute approximate surface area is 116 Å². The van der Waals surface area contributed by atoms with Gasteiger partial charge in [-0.1, -0.05) is 18.2 Å². The standard InChI is InChI=1S/C14H16N2O2S/c1-11-13(10-18)14(19-9-5-8-17)16(15-11)12-6-3-2-4-7-12/h2-4,6-7,10,17H,5,8-9H2,1H3. The maximum absolute atomic E-state index is 11.2. The van der Waals surface area contributed by atoms with Crippen LogP contribution in [-0.4, -0.2) is 33.5 Å². The molecule has 0 bridgehead atoms. The van der Waals surface area contributed by atoms with Crippen molar-refractivity contribution in [3.63, 3.8) is 0 Å². The lowest BCUT2D eigenvalue weighted by molar-refractivity contribution is 0.112. The smallest absolute Gasteiger partial charge is 0.154 e. The van der Waals surface area contributed by atoms with Crippen molar-refractivity contribution >= 4 is 18.0 Å². The highest BCUT2D eigenvalue weighted by molar-refractivity contribution is 7.99. The van der Waals surface area contributed by atoms with E-state index in [9.17, 15) is 4.79 Å². The van der Waals surface area contributed by atoms with Crippen LogP contribution in [0, 0.1) is 6.92 Å². The van der Waals surface area contributed by atoms with Gasteiger partial charge in [0.2, 0.25) is 0 Å². The highest BCUT2D eigenvalue weighted by atomic mass is 32.2. The Morgan fingerprint density at radius 3 is 2.74 bits per heavy atom. The molecule has 1 aromatic heterocycles. The molecule has 0 aliphatic carbocycles. The quantitative estimate of drug-likeness (QED) is 0.500. The zero-order valence-corrected chi connectivity index (χ0v) is 11.6. The van der Waals surface area contributed by atoms with Crippen LogP contribution in [0.2, 0.25) is 0 Å². The van der Waals surface area contributed by atoms with Crippen molar-refractivity contribution in [2.24, 2.45) is 0 Å². The van der Waals surface area contributed by atoms with Crippen molar-refractivity contribution in [2.45, 2.75) is 18.4 Å². The topological polar surface area (TPSA) is 55.1 Å². The number of thioether (sulfide) groups is 1. The van der Waals surface area contributed by atoms with E-state index in [0.717, 1.165) is 28.4 Å². The number of carbonyl (C=O) groups excluding carboxylic acids is 1. The molecule has 1 heterocycles. The molecule has 19 heavy (non-hydrogen) atoms. The molecule has 0 amide bonds. The number of carbonyl (C=O) groups is 1. The molecule has 0 fully saturated rings. The summed E-state index contributed by atoms with van der Waals surface area (Å²) in [5.41, 5.74) is 2.29. The minimum atomic E-state index is 0.155. The van der Waals surface area contributed by atoms with E-state index in [1.807, 2.05) is 37.3 Å². The first kappa shape index (κ1) is 13.8. The molecular weight excluding hydrogens is 260 g/mol. The highest BCUT2D eigenvalue weighted by Gasteiger charge is 2.15. The van der Waals surface area contributed by atoms with Crippen LogP contribution in [0.3, 0.4) is 0 Å². The lowest BCUT2D eigenvalue weighted by Gasteiger charge is -2.07. The van der Waals surface area contributed by atoms with Crippen molar-refractivity contribution in [3.05, 3.63) is 41.6 Å². The number of benzene rings is 1. The van der Waals surface area contributed by atoms with Crippen molar-refractivity contribution < 1.29 is 9.90 Å².